The number of aliphatic carboxylic acids is 1. The number of benzene rings is 2. The Kier molecular flexibility index (Phi) is 5.54. The molecular formula is C18H16F3NO4. The van der Waals surface area contributed by atoms with E-state index in [9.17, 15) is 27.9 Å². The molecule has 2 aromatic rings. The first kappa shape index (κ1) is 19.3. The number of hydrogen-bond donors (Lipinski definition) is 1. The number of nitrogens with zero attached hydrogens (tertiary/aromatic N) is 1. The lowest BCUT2D eigenvalue weighted by molar-refractivity contribution is -0.138. The van der Waals surface area contributed by atoms with E-state index in [1.807, 2.05) is 0 Å². The molecule has 0 saturated heterocycles. The largest absolute Gasteiger partial charge is 0.497 e. The van der Waals surface area contributed by atoms with Gasteiger partial charge in [-0.1, -0.05) is 6.07 Å². The van der Waals surface area contributed by atoms with Crippen molar-refractivity contribution in [1.82, 2.24) is 0 Å². The molecule has 2 aromatic carbocycles. The quantitative estimate of drug-likeness (QED) is 0.872. The first-order valence-corrected chi connectivity index (χ1v) is 7.53. The zero-order valence-corrected chi connectivity index (χ0v) is 13.9. The second-order valence-electron chi connectivity index (χ2n) is 5.47. The maximum absolute atomic E-state index is 12.9. The van der Waals surface area contributed by atoms with E-state index < -0.39 is 29.7 Å². The van der Waals surface area contributed by atoms with Gasteiger partial charge in [-0.25, -0.2) is 4.79 Å². The van der Waals surface area contributed by atoms with Crippen LogP contribution in [0.2, 0.25) is 0 Å². The molecule has 0 aromatic heterocycles. The highest BCUT2D eigenvalue weighted by Gasteiger charge is 2.33. The van der Waals surface area contributed by atoms with Crippen LogP contribution in [0.25, 0.3) is 0 Å². The Morgan fingerprint density at radius 1 is 1.12 bits per heavy atom. The topological polar surface area (TPSA) is 66.8 Å². The van der Waals surface area contributed by atoms with Crippen molar-refractivity contribution in [3.63, 3.8) is 0 Å². The van der Waals surface area contributed by atoms with Crippen molar-refractivity contribution in [2.24, 2.45) is 0 Å². The van der Waals surface area contributed by atoms with Crippen molar-refractivity contribution in [3.05, 3.63) is 59.7 Å². The van der Waals surface area contributed by atoms with Crippen LogP contribution in [0.5, 0.6) is 5.75 Å². The predicted molar refractivity (Wildman–Crippen MR) is 88.3 cm³/mol. The van der Waals surface area contributed by atoms with Gasteiger partial charge in [0.25, 0.3) is 5.91 Å². The summed E-state index contributed by atoms with van der Waals surface area (Å²) < 4.78 is 43.7. The van der Waals surface area contributed by atoms with Crippen molar-refractivity contribution < 1.29 is 32.6 Å². The molecule has 0 heterocycles. The van der Waals surface area contributed by atoms with Gasteiger partial charge in [0.2, 0.25) is 0 Å². The maximum atomic E-state index is 12.9. The molecule has 0 spiro atoms. The number of carbonyl (C=O) groups excluding carboxylic acids is 1. The van der Waals surface area contributed by atoms with E-state index in [0.717, 1.165) is 17.0 Å². The Labute approximate surface area is 147 Å². The van der Waals surface area contributed by atoms with Gasteiger partial charge >= 0.3 is 12.1 Å². The predicted octanol–water partition coefficient (Wildman–Crippen LogP) is 3.83. The van der Waals surface area contributed by atoms with Gasteiger partial charge in [-0.3, -0.25) is 9.69 Å². The number of rotatable bonds is 5. The first-order chi connectivity index (χ1) is 12.1. The number of amides is 1. The number of anilines is 1. The van der Waals surface area contributed by atoms with Crippen molar-refractivity contribution in [2.45, 2.75) is 19.1 Å². The number of alkyl halides is 3. The fraction of sp³-hybridized carbons (Fsp3) is 0.222. The second-order valence-corrected chi connectivity index (χ2v) is 5.47. The van der Waals surface area contributed by atoms with Crippen LogP contribution in [-0.2, 0) is 11.0 Å². The molecule has 1 atom stereocenters. The monoisotopic (exact) mass is 367 g/mol. The molecule has 1 N–H and O–H groups in total. The molecule has 0 aliphatic carbocycles. The molecule has 0 aliphatic heterocycles. The number of carboxylic acid groups (broad SMARTS) is 1. The zero-order valence-electron chi connectivity index (χ0n) is 13.9. The normalized spacial score (nSPS) is 12.3. The molecule has 1 amide bonds. The Bertz CT molecular complexity index is 803. The highest BCUT2D eigenvalue weighted by Crippen LogP contribution is 2.30. The molecule has 138 valence electrons. The minimum atomic E-state index is -4.61. The van der Waals surface area contributed by atoms with E-state index in [0.29, 0.717) is 11.8 Å². The number of ether oxygens (including phenoxy) is 1. The van der Waals surface area contributed by atoms with Gasteiger partial charge in [-0.2, -0.15) is 13.2 Å². The Morgan fingerprint density at radius 3 is 2.23 bits per heavy atom. The number of carboxylic acids is 1. The Balaban J connectivity index is 2.48. The van der Waals surface area contributed by atoms with E-state index in [1.165, 1.54) is 44.4 Å². The number of halogens is 3. The summed E-state index contributed by atoms with van der Waals surface area (Å²) in [4.78, 5) is 25.1. The van der Waals surface area contributed by atoms with Crippen LogP contribution in [0.4, 0.5) is 18.9 Å². The fourth-order valence-corrected chi connectivity index (χ4v) is 2.34. The summed E-state index contributed by atoms with van der Waals surface area (Å²) in [6.07, 6.45) is -4.61. The molecule has 26 heavy (non-hydrogen) atoms. The number of methoxy groups -OCH3 is 1. The molecule has 5 nitrogen and oxygen atoms in total. The summed E-state index contributed by atoms with van der Waals surface area (Å²) in [6.45, 7) is 1.28. The molecule has 0 bridgehead atoms. The van der Waals surface area contributed by atoms with Gasteiger partial charge in [-0.15, -0.1) is 0 Å². The Hall–Kier alpha value is -3.03. The fourth-order valence-electron chi connectivity index (χ4n) is 2.34. The van der Waals surface area contributed by atoms with Crippen LogP contribution in [0.1, 0.15) is 22.8 Å². The van der Waals surface area contributed by atoms with Gasteiger partial charge in [0.15, 0.2) is 0 Å². The smallest absolute Gasteiger partial charge is 0.416 e. The SMILES string of the molecule is COc1ccc(N(C(=O)c2cccc(C(F)(F)F)c2)C(C)C(=O)O)cc1. The summed E-state index contributed by atoms with van der Waals surface area (Å²) >= 11 is 0. The molecule has 0 radical (unpaired) electrons. The highest BCUT2D eigenvalue weighted by atomic mass is 19.4. The van der Waals surface area contributed by atoms with Gasteiger partial charge in [0, 0.05) is 11.3 Å². The van der Waals surface area contributed by atoms with Gasteiger partial charge in [-0.05, 0) is 49.4 Å². The van der Waals surface area contributed by atoms with Gasteiger partial charge in [0.1, 0.15) is 11.8 Å². The minimum Gasteiger partial charge on any atom is -0.497 e. The Morgan fingerprint density at radius 2 is 1.73 bits per heavy atom. The van der Waals surface area contributed by atoms with Crippen molar-refractivity contribution in [2.75, 3.05) is 12.0 Å². The molecule has 8 heteroatoms. The average molecular weight is 367 g/mol. The lowest BCUT2D eigenvalue weighted by Gasteiger charge is -2.27. The third-order valence-corrected chi connectivity index (χ3v) is 3.75. The molecule has 1 unspecified atom stereocenters. The molecule has 0 saturated carbocycles. The van der Waals surface area contributed by atoms with Crippen molar-refractivity contribution in [3.8, 4) is 5.75 Å². The lowest BCUT2D eigenvalue weighted by Crippen LogP contribution is -2.43. The van der Waals surface area contributed by atoms with E-state index >= 15 is 0 Å². The molecule has 0 fully saturated rings. The highest BCUT2D eigenvalue weighted by molar-refractivity contribution is 6.09. The van der Waals surface area contributed by atoms with Crippen molar-refractivity contribution in [1.29, 1.82) is 0 Å². The van der Waals surface area contributed by atoms with Gasteiger partial charge < -0.3 is 9.84 Å². The van der Waals surface area contributed by atoms with E-state index in [4.69, 9.17) is 4.74 Å². The van der Waals surface area contributed by atoms with E-state index in [-0.39, 0.29) is 11.3 Å². The standard InChI is InChI=1S/C18H16F3NO4/c1-11(17(24)25)22(14-6-8-15(26-2)9-7-14)16(23)12-4-3-5-13(10-12)18(19,20)21/h3-11H,1-2H3,(H,24,25). The van der Waals surface area contributed by atoms with Crippen molar-refractivity contribution >= 4 is 17.6 Å². The summed E-state index contributed by atoms with van der Waals surface area (Å²) in [5.74, 6) is -1.65. The molecule has 0 aliphatic rings. The molecule has 2 rings (SSSR count). The maximum Gasteiger partial charge on any atom is 0.416 e. The van der Waals surface area contributed by atoms with Crippen LogP contribution in [0, 0.1) is 0 Å². The zero-order chi connectivity index (χ0) is 19.5. The van der Waals surface area contributed by atoms with Gasteiger partial charge in [0.05, 0.1) is 12.7 Å². The third kappa shape index (κ3) is 4.14. The molecular weight excluding hydrogens is 351 g/mol. The van der Waals surface area contributed by atoms with Crippen LogP contribution < -0.4 is 9.64 Å². The lowest BCUT2D eigenvalue weighted by atomic mass is 10.1. The van der Waals surface area contributed by atoms with Crippen LogP contribution in [0.3, 0.4) is 0 Å². The summed E-state index contributed by atoms with van der Waals surface area (Å²) in [6, 6.07) is 8.55. The van der Waals surface area contributed by atoms with Crippen LogP contribution >= 0.6 is 0 Å². The van der Waals surface area contributed by atoms with Crippen LogP contribution in [0.15, 0.2) is 48.5 Å². The van der Waals surface area contributed by atoms with E-state index in [1.54, 1.807) is 0 Å². The van der Waals surface area contributed by atoms with Crippen LogP contribution in [-0.4, -0.2) is 30.1 Å². The third-order valence-electron chi connectivity index (χ3n) is 3.75. The minimum absolute atomic E-state index is 0.225. The van der Waals surface area contributed by atoms with E-state index in [2.05, 4.69) is 0 Å². The second kappa shape index (κ2) is 7.47. The number of carbonyl (C=O) groups is 2. The summed E-state index contributed by atoms with van der Waals surface area (Å²) in [5, 5.41) is 9.30. The summed E-state index contributed by atoms with van der Waals surface area (Å²) in [7, 11) is 1.44. The summed E-state index contributed by atoms with van der Waals surface area (Å²) in [5.41, 5.74) is -1.02. The average Bonchev–Trinajstić information content (AvgIpc) is 2.61. The number of hydrogen-bond acceptors (Lipinski definition) is 3. The first-order valence-electron chi connectivity index (χ1n) is 7.53.